The van der Waals surface area contributed by atoms with Crippen molar-refractivity contribution in [2.75, 3.05) is 13.2 Å². The van der Waals surface area contributed by atoms with Gasteiger partial charge in [0.2, 0.25) is 5.88 Å². The Labute approximate surface area is 119 Å². The van der Waals surface area contributed by atoms with Crippen molar-refractivity contribution in [2.24, 2.45) is 0 Å². The van der Waals surface area contributed by atoms with E-state index in [4.69, 9.17) is 14.6 Å². The molecule has 1 aromatic rings. The number of carbonyl (C=O) groups is 1. The number of aromatic carboxylic acids is 1. The summed E-state index contributed by atoms with van der Waals surface area (Å²) in [6.07, 6.45) is 0.141. The molecule has 0 radical (unpaired) electrons. The van der Waals surface area contributed by atoms with Gasteiger partial charge in [-0.2, -0.15) is 0 Å². The maximum atomic E-state index is 11.1. The molecule has 112 valence electrons. The topological polar surface area (TPSA) is 68.7 Å². The van der Waals surface area contributed by atoms with Crippen LogP contribution in [0.25, 0.3) is 0 Å². The second kappa shape index (κ2) is 6.70. The van der Waals surface area contributed by atoms with Gasteiger partial charge in [-0.15, -0.1) is 0 Å². The number of ether oxygens (including phenoxy) is 2. The molecule has 0 saturated heterocycles. The highest BCUT2D eigenvalue weighted by Crippen LogP contribution is 2.24. The average Bonchev–Trinajstić information content (AvgIpc) is 2.33. The Morgan fingerprint density at radius 2 is 1.95 bits per heavy atom. The highest BCUT2D eigenvalue weighted by Gasteiger charge is 2.19. The third-order valence-electron chi connectivity index (χ3n) is 2.60. The second-order valence-corrected chi connectivity index (χ2v) is 5.90. The number of carboxylic acid groups (broad SMARTS) is 1. The Kier molecular flexibility index (Phi) is 5.51. The average molecular weight is 281 g/mol. The maximum Gasteiger partial charge on any atom is 0.335 e. The van der Waals surface area contributed by atoms with Crippen LogP contribution < -0.4 is 4.74 Å². The van der Waals surface area contributed by atoms with E-state index in [0.717, 1.165) is 0 Å². The van der Waals surface area contributed by atoms with Crippen molar-refractivity contribution in [2.45, 2.75) is 46.1 Å². The van der Waals surface area contributed by atoms with Gasteiger partial charge in [-0.05, 0) is 19.9 Å². The summed E-state index contributed by atoms with van der Waals surface area (Å²) in [5.41, 5.74) is 0.639. The monoisotopic (exact) mass is 281 g/mol. The Morgan fingerprint density at radius 1 is 1.30 bits per heavy atom. The molecule has 0 fully saturated rings. The summed E-state index contributed by atoms with van der Waals surface area (Å²) in [6.45, 7) is 10.6. The van der Waals surface area contributed by atoms with Crippen molar-refractivity contribution >= 4 is 5.97 Å². The first kappa shape index (κ1) is 16.4. The van der Waals surface area contributed by atoms with Gasteiger partial charge < -0.3 is 14.6 Å². The van der Waals surface area contributed by atoms with Crippen LogP contribution in [-0.4, -0.2) is 35.4 Å². The molecule has 0 aliphatic carbocycles. The van der Waals surface area contributed by atoms with Gasteiger partial charge in [0, 0.05) is 11.5 Å². The van der Waals surface area contributed by atoms with Crippen LogP contribution in [0.4, 0.5) is 0 Å². The Bertz CT molecular complexity index is 463. The number of pyridine rings is 1. The highest BCUT2D eigenvalue weighted by molar-refractivity contribution is 5.88. The van der Waals surface area contributed by atoms with Gasteiger partial charge in [0.15, 0.2) is 0 Å². The van der Waals surface area contributed by atoms with Crippen molar-refractivity contribution < 1.29 is 19.4 Å². The smallest absolute Gasteiger partial charge is 0.335 e. The molecule has 0 aliphatic rings. The van der Waals surface area contributed by atoms with Crippen LogP contribution in [0.1, 0.15) is 50.7 Å². The quantitative estimate of drug-likeness (QED) is 0.812. The zero-order chi connectivity index (χ0) is 15.3. The molecule has 0 atom stereocenters. The molecule has 1 aromatic heterocycles. The summed E-state index contributed by atoms with van der Waals surface area (Å²) < 4.78 is 10.9. The molecule has 1 heterocycles. The minimum absolute atomic E-state index is 0.141. The minimum Gasteiger partial charge on any atom is -0.478 e. The Morgan fingerprint density at radius 3 is 2.45 bits per heavy atom. The summed E-state index contributed by atoms with van der Waals surface area (Å²) in [6, 6.07) is 3.02. The van der Waals surface area contributed by atoms with Gasteiger partial charge >= 0.3 is 5.97 Å². The van der Waals surface area contributed by atoms with E-state index in [1.807, 2.05) is 34.6 Å². The lowest BCUT2D eigenvalue weighted by Crippen LogP contribution is -2.17. The first-order chi connectivity index (χ1) is 9.20. The van der Waals surface area contributed by atoms with Gasteiger partial charge in [0.25, 0.3) is 0 Å². The molecule has 0 unspecified atom stereocenters. The van der Waals surface area contributed by atoms with E-state index >= 15 is 0 Å². The van der Waals surface area contributed by atoms with Crippen LogP contribution in [0, 0.1) is 0 Å². The molecule has 0 saturated carbocycles. The van der Waals surface area contributed by atoms with Gasteiger partial charge in [-0.25, -0.2) is 9.78 Å². The van der Waals surface area contributed by atoms with Gasteiger partial charge in [-0.1, -0.05) is 20.8 Å². The van der Waals surface area contributed by atoms with Crippen molar-refractivity contribution in [1.29, 1.82) is 0 Å². The van der Waals surface area contributed by atoms with Crippen LogP contribution in [0.15, 0.2) is 12.1 Å². The predicted octanol–water partition coefficient (Wildman–Crippen LogP) is 2.88. The number of hydrogen-bond donors (Lipinski definition) is 1. The van der Waals surface area contributed by atoms with Crippen molar-refractivity contribution in [3.63, 3.8) is 0 Å². The Hall–Kier alpha value is -1.62. The summed E-state index contributed by atoms with van der Waals surface area (Å²) in [7, 11) is 0. The van der Waals surface area contributed by atoms with E-state index in [1.165, 1.54) is 6.07 Å². The van der Waals surface area contributed by atoms with Crippen LogP contribution >= 0.6 is 0 Å². The first-order valence-electron chi connectivity index (χ1n) is 6.70. The van der Waals surface area contributed by atoms with E-state index < -0.39 is 5.97 Å². The van der Waals surface area contributed by atoms with Gasteiger partial charge in [-0.3, -0.25) is 0 Å². The maximum absolute atomic E-state index is 11.1. The van der Waals surface area contributed by atoms with Crippen LogP contribution in [-0.2, 0) is 10.2 Å². The first-order valence-corrected chi connectivity index (χ1v) is 6.70. The molecule has 0 aromatic carbocycles. The van der Waals surface area contributed by atoms with E-state index in [2.05, 4.69) is 4.98 Å². The minimum atomic E-state index is -0.985. The molecule has 5 nitrogen and oxygen atoms in total. The van der Waals surface area contributed by atoms with Gasteiger partial charge in [0.05, 0.1) is 24.0 Å². The summed E-state index contributed by atoms with van der Waals surface area (Å²) in [5, 5.41) is 9.14. The second-order valence-electron chi connectivity index (χ2n) is 5.90. The van der Waals surface area contributed by atoms with Crippen molar-refractivity contribution in [3.05, 3.63) is 23.4 Å². The van der Waals surface area contributed by atoms with E-state index in [9.17, 15) is 4.79 Å². The highest BCUT2D eigenvalue weighted by atomic mass is 16.5. The molecular weight excluding hydrogens is 258 g/mol. The fourth-order valence-electron chi connectivity index (χ4n) is 1.52. The summed E-state index contributed by atoms with van der Waals surface area (Å²) >= 11 is 0. The van der Waals surface area contributed by atoms with E-state index in [1.54, 1.807) is 6.07 Å². The molecule has 0 spiro atoms. The predicted molar refractivity (Wildman–Crippen MR) is 76.5 cm³/mol. The third kappa shape index (κ3) is 5.17. The number of aromatic nitrogens is 1. The number of rotatable bonds is 6. The molecular formula is C15H23NO4. The molecule has 0 amide bonds. The van der Waals surface area contributed by atoms with Crippen molar-refractivity contribution in [3.8, 4) is 5.88 Å². The lowest BCUT2D eigenvalue weighted by atomic mass is 9.91. The number of hydrogen-bond acceptors (Lipinski definition) is 4. The molecule has 20 heavy (non-hydrogen) atoms. The lowest BCUT2D eigenvalue weighted by molar-refractivity contribution is 0.0541. The molecule has 0 bridgehead atoms. The number of nitrogens with zero attached hydrogens (tertiary/aromatic N) is 1. The standard InChI is InChI=1S/C15H23NO4/c1-10(2)19-6-7-20-13-9-11(14(17)18)8-12(16-13)15(3,4)5/h8-10H,6-7H2,1-5H3,(H,17,18). The zero-order valence-corrected chi connectivity index (χ0v) is 12.8. The normalized spacial score (nSPS) is 11.7. The SMILES string of the molecule is CC(C)OCCOc1cc(C(=O)O)cc(C(C)(C)C)n1. The van der Waals surface area contributed by atoms with E-state index in [0.29, 0.717) is 24.8 Å². The van der Waals surface area contributed by atoms with Crippen LogP contribution in [0.5, 0.6) is 5.88 Å². The van der Waals surface area contributed by atoms with Crippen LogP contribution in [0.3, 0.4) is 0 Å². The molecule has 0 aliphatic heterocycles. The van der Waals surface area contributed by atoms with E-state index in [-0.39, 0.29) is 17.1 Å². The molecule has 1 N–H and O–H groups in total. The van der Waals surface area contributed by atoms with Crippen molar-refractivity contribution in [1.82, 2.24) is 4.98 Å². The summed E-state index contributed by atoms with van der Waals surface area (Å²) in [5.74, 6) is -0.664. The Balaban J connectivity index is 2.84. The molecule has 5 heteroatoms. The summed E-state index contributed by atoms with van der Waals surface area (Å²) in [4.78, 5) is 15.5. The largest absolute Gasteiger partial charge is 0.478 e. The molecule has 1 rings (SSSR count). The zero-order valence-electron chi connectivity index (χ0n) is 12.8. The van der Waals surface area contributed by atoms with Crippen LogP contribution in [0.2, 0.25) is 0 Å². The lowest BCUT2D eigenvalue weighted by Gasteiger charge is -2.19. The third-order valence-corrected chi connectivity index (χ3v) is 2.60. The fraction of sp³-hybridized carbons (Fsp3) is 0.600. The van der Waals surface area contributed by atoms with Gasteiger partial charge in [0.1, 0.15) is 6.61 Å². The number of carboxylic acids is 1. The fourth-order valence-corrected chi connectivity index (χ4v) is 1.52.